The Balaban J connectivity index is 2.05. The standard InChI is InChI=1S/C10H15NO3/c1-10(2,3)9(13)11-4-6-7(11)5-14-8(6)12/h6-7H,4-5H2,1-3H3/t6-,7-/m1/s1. The van der Waals surface area contributed by atoms with Crippen LogP contribution in [0.5, 0.6) is 0 Å². The molecule has 2 aliphatic rings. The van der Waals surface area contributed by atoms with Crippen LogP contribution < -0.4 is 0 Å². The Kier molecular flexibility index (Phi) is 1.84. The highest BCUT2D eigenvalue weighted by atomic mass is 16.5. The molecule has 4 heteroatoms. The number of hydrogen-bond donors (Lipinski definition) is 0. The van der Waals surface area contributed by atoms with Gasteiger partial charge in [0.2, 0.25) is 5.91 Å². The zero-order valence-corrected chi connectivity index (χ0v) is 8.74. The van der Waals surface area contributed by atoms with Gasteiger partial charge in [0.05, 0.1) is 12.0 Å². The normalized spacial score (nSPS) is 30.8. The van der Waals surface area contributed by atoms with E-state index in [9.17, 15) is 9.59 Å². The first-order chi connectivity index (χ1) is 6.41. The molecule has 0 bridgehead atoms. The largest absolute Gasteiger partial charge is 0.463 e. The fraction of sp³-hybridized carbons (Fsp3) is 0.800. The molecule has 2 aliphatic heterocycles. The summed E-state index contributed by atoms with van der Waals surface area (Å²) in [6.07, 6.45) is 0. The average molecular weight is 197 g/mol. The van der Waals surface area contributed by atoms with Gasteiger partial charge in [0.15, 0.2) is 0 Å². The first-order valence-corrected chi connectivity index (χ1v) is 4.89. The lowest BCUT2D eigenvalue weighted by molar-refractivity contribution is -0.153. The van der Waals surface area contributed by atoms with Crippen LogP contribution in [0.2, 0.25) is 0 Å². The molecule has 0 saturated carbocycles. The summed E-state index contributed by atoms with van der Waals surface area (Å²) in [7, 11) is 0. The van der Waals surface area contributed by atoms with Gasteiger partial charge in [-0.25, -0.2) is 0 Å². The van der Waals surface area contributed by atoms with Crippen molar-refractivity contribution in [2.75, 3.05) is 13.2 Å². The molecular formula is C10H15NO3. The van der Waals surface area contributed by atoms with Gasteiger partial charge in [-0.2, -0.15) is 0 Å². The van der Waals surface area contributed by atoms with Gasteiger partial charge in [0, 0.05) is 12.0 Å². The van der Waals surface area contributed by atoms with Crippen LogP contribution in [0.25, 0.3) is 0 Å². The molecule has 0 aromatic carbocycles. The molecule has 2 saturated heterocycles. The van der Waals surface area contributed by atoms with Crippen LogP contribution >= 0.6 is 0 Å². The van der Waals surface area contributed by atoms with Gasteiger partial charge < -0.3 is 9.64 Å². The van der Waals surface area contributed by atoms with Gasteiger partial charge >= 0.3 is 5.97 Å². The molecule has 0 aromatic rings. The third-order valence-corrected chi connectivity index (χ3v) is 2.86. The zero-order chi connectivity index (χ0) is 10.5. The van der Waals surface area contributed by atoms with E-state index in [0.29, 0.717) is 13.2 Å². The molecule has 2 atom stereocenters. The minimum Gasteiger partial charge on any atom is -0.463 e. The first-order valence-electron chi connectivity index (χ1n) is 4.89. The van der Waals surface area contributed by atoms with Crippen LogP contribution in [-0.4, -0.2) is 36.0 Å². The molecule has 0 N–H and O–H groups in total. The van der Waals surface area contributed by atoms with Gasteiger partial charge in [0.1, 0.15) is 6.61 Å². The van der Waals surface area contributed by atoms with Crippen molar-refractivity contribution in [2.24, 2.45) is 11.3 Å². The highest BCUT2D eigenvalue weighted by Crippen LogP contribution is 2.34. The number of likely N-dealkylation sites (tertiary alicyclic amines) is 1. The Morgan fingerprint density at radius 3 is 2.64 bits per heavy atom. The Bertz CT molecular complexity index is 292. The van der Waals surface area contributed by atoms with Crippen LogP contribution in [0.4, 0.5) is 0 Å². The monoisotopic (exact) mass is 197 g/mol. The zero-order valence-electron chi connectivity index (χ0n) is 8.74. The highest BCUT2D eigenvalue weighted by Gasteiger charge is 2.53. The molecule has 2 heterocycles. The van der Waals surface area contributed by atoms with Crippen molar-refractivity contribution >= 4 is 11.9 Å². The third kappa shape index (κ3) is 1.21. The molecule has 2 rings (SSSR count). The maximum absolute atomic E-state index is 11.9. The van der Waals surface area contributed by atoms with Crippen molar-refractivity contribution in [1.82, 2.24) is 4.90 Å². The number of esters is 1. The van der Waals surface area contributed by atoms with E-state index < -0.39 is 0 Å². The number of fused-ring (bicyclic) bond motifs is 1. The van der Waals surface area contributed by atoms with Crippen LogP contribution in [-0.2, 0) is 14.3 Å². The molecule has 2 fully saturated rings. The number of carbonyl (C=O) groups is 2. The Morgan fingerprint density at radius 1 is 1.50 bits per heavy atom. The molecule has 0 aromatic heterocycles. The van der Waals surface area contributed by atoms with E-state index in [1.165, 1.54) is 0 Å². The van der Waals surface area contributed by atoms with Gasteiger partial charge in [-0.15, -0.1) is 0 Å². The summed E-state index contributed by atoms with van der Waals surface area (Å²) < 4.78 is 4.90. The molecule has 14 heavy (non-hydrogen) atoms. The van der Waals surface area contributed by atoms with Crippen molar-refractivity contribution in [1.29, 1.82) is 0 Å². The van der Waals surface area contributed by atoms with E-state index in [4.69, 9.17) is 4.74 Å². The number of rotatable bonds is 0. The van der Waals surface area contributed by atoms with Gasteiger partial charge in [-0.1, -0.05) is 20.8 Å². The number of amides is 1. The lowest BCUT2D eigenvalue weighted by Gasteiger charge is -2.43. The van der Waals surface area contributed by atoms with Crippen molar-refractivity contribution in [3.05, 3.63) is 0 Å². The van der Waals surface area contributed by atoms with E-state index in [0.717, 1.165) is 0 Å². The molecular weight excluding hydrogens is 182 g/mol. The van der Waals surface area contributed by atoms with Gasteiger partial charge in [0.25, 0.3) is 0 Å². The van der Waals surface area contributed by atoms with Crippen molar-refractivity contribution < 1.29 is 14.3 Å². The molecule has 0 spiro atoms. The minimum absolute atomic E-state index is 0.00854. The molecule has 4 nitrogen and oxygen atoms in total. The smallest absolute Gasteiger partial charge is 0.313 e. The van der Waals surface area contributed by atoms with Gasteiger partial charge in [-0.05, 0) is 0 Å². The fourth-order valence-corrected chi connectivity index (χ4v) is 1.92. The summed E-state index contributed by atoms with van der Waals surface area (Å²) >= 11 is 0. The lowest BCUT2D eigenvalue weighted by Crippen LogP contribution is -2.61. The Hall–Kier alpha value is -1.06. The second kappa shape index (κ2) is 2.72. The van der Waals surface area contributed by atoms with Crippen LogP contribution in [0.15, 0.2) is 0 Å². The topological polar surface area (TPSA) is 46.6 Å². The average Bonchev–Trinajstić information content (AvgIpc) is 2.25. The number of ether oxygens (including phenoxy) is 1. The maximum atomic E-state index is 11.9. The fourth-order valence-electron chi connectivity index (χ4n) is 1.92. The van der Waals surface area contributed by atoms with Crippen LogP contribution in [0.3, 0.4) is 0 Å². The van der Waals surface area contributed by atoms with Crippen molar-refractivity contribution in [3.63, 3.8) is 0 Å². The predicted octanol–water partition coefficient (Wildman–Crippen LogP) is 0.416. The number of nitrogens with zero attached hydrogens (tertiary/aromatic N) is 1. The number of cyclic esters (lactones) is 1. The Labute approximate surface area is 83.2 Å². The Morgan fingerprint density at radius 2 is 2.14 bits per heavy atom. The van der Waals surface area contributed by atoms with Crippen molar-refractivity contribution in [2.45, 2.75) is 26.8 Å². The summed E-state index contributed by atoms with van der Waals surface area (Å²) in [5, 5.41) is 0. The SMILES string of the molecule is CC(C)(C)C(=O)N1C[C@H]2C(=O)OC[C@H]21. The summed E-state index contributed by atoms with van der Waals surface area (Å²) in [5.41, 5.74) is -0.364. The molecule has 0 unspecified atom stereocenters. The van der Waals surface area contributed by atoms with Crippen LogP contribution in [0.1, 0.15) is 20.8 Å². The molecule has 0 radical (unpaired) electrons. The lowest BCUT2D eigenvalue weighted by atomic mass is 9.86. The van der Waals surface area contributed by atoms with Crippen LogP contribution in [0, 0.1) is 11.3 Å². The highest BCUT2D eigenvalue weighted by molar-refractivity contribution is 5.87. The molecule has 1 amide bonds. The van der Waals surface area contributed by atoms with E-state index in [2.05, 4.69) is 0 Å². The predicted molar refractivity (Wildman–Crippen MR) is 49.4 cm³/mol. The van der Waals surface area contributed by atoms with E-state index in [1.807, 2.05) is 20.8 Å². The second-order valence-electron chi connectivity index (χ2n) is 5.01. The van der Waals surface area contributed by atoms with Gasteiger partial charge in [-0.3, -0.25) is 9.59 Å². The number of hydrogen-bond acceptors (Lipinski definition) is 3. The van der Waals surface area contributed by atoms with Crippen molar-refractivity contribution in [3.8, 4) is 0 Å². The quantitative estimate of drug-likeness (QED) is 0.529. The minimum atomic E-state index is -0.364. The third-order valence-electron chi connectivity index (χ3n) is 2.86. The maximum Gasteiger partial charge on any atom is 0.313 e. The summed E-state index contributed by atoms with van der Waals surface area (Å²) in [6, 6.07) is 0.00854. The first kappa shape index (κ1) is 9.49. The van der Waals surface area contributed by atoms with E-state index >= 15 is 0 Å². The summed E-state index contributed by atoms with van der Waals surface area (Å²) in [5.74, 6) is -0.0914. The molecule has 0 aliphatic carbocycles. The second-order valence-corrected chi connectivity index (χ2v) is 5.01. The van der Waals surface area contributed by atoms with E-state index in [-0.39, 0.29) is 29.3 Å². The number of carbonyl (C=O) groups excluding carboxylic acids is 2. The summed E-state index contributed by atoms with van der Waals surface area (Å²) in [6.45, 7) is 6.59. The van der Waals surface area contributed by atoms with E-state index in [1.54, 1.807) is 4.90 Å². The molecule has 78 valence electrons. The summed E-state index contributed by atoms with van der Waals surface area (Å²) in [4.78, 5) is 24.7.